The van der Waals surface area contributed by atoms with Gasteiger partial charge in [0.25, 0.3) is 0 Å². The summed E-state index contributed by atoms with van der Waals surface area (Å²) in [6, 6.07) is 7.02. The molecule has 4 heteroatoms. The van der Waals surface area contributed by atoms with Crippen LogP contribution in [-0.4, -0.2) is 45.3 Å². The number of benzene rings is 1. The summed E-state index contributed by atoms with van der Waals surface area (Å²) >= 11 is 0. The maximum absolute atomic E-state index is 13.0. The van der Waals surface area contributed by atoms with E-state index in [1.54, 1.807) is 7.11 Å². The summed E-state index contributed by atoms with van der Waals surface area (Å²) in [5.41, 5.74) is 1.13. The number of nitrogens with one attached hydrogen (secondary N) is 1. The van der Waals surface area contributed by atoms with Gasteiger partial charge >= 0.3 is 0 Å². The Morgan fingerprint density at radius 3 is 2.38 bits per heavy atom. The SMILES string of the molecule is CNC(CCN(CCOC)CC(C)C)c1ccc(F)cc1. The first-order valence-electron chi connectivity index (χ1n) is 7.70. The summed E-state index contributed by atoms with van der Waals surface area (Å²) in [6.07, 6.45) is 0.999. The minimum Gasteiger partial charge on any atom is -0.383 e. The van der Waals surface area contributed by atoms with Gasteiger partial charge in [-0.1, -0.05) is 26.0 Å². The first-order valence-corrected chi connectivity index (χ1v) is 7.70. The number of hydrogen-bond acceptors (Lipinski definition) is 3. The highest BCUT2D eigenvalue weighted by molar-refractivity contribution is 5.19. The number of hydrogen-bond donors (Lipinski definition) is 1. The van der Waals surface area contributed by atoms with E-state index in [0.717, 1.165) is 38.2 Å². The predicted molar refractivity (Wildman–Crippen MR) is 86.0 cm³/mol. The Bertz CT molecular complexity index is 381. The molecule has 1 unspecified atom stereocenters. The number of ether oxygens (including phenoxy) is 1. The van der Waals surface area contributed by atoms with E-state index in [1.807, 2.05) is 19.2 Å². The zero-order valence-electron chi connectivity index (χ0n) is 13.7. The van der Waals surface area contributed by atoms with Crippen molar-refractivity contribution in [3.05, 3.63) is 35.6 Å². The molecule has 0 aliphatic rings. The third kappa shape index (κ3) is 7.02. The van der Waals surface area contributed by atoms with E-state index >= 15 is 0 Å². The molecule has 0 amide bonds. The van der Waals surface area contributed by atoms with Crippen LogP contribution in [0, 0.1) is 11.7 Å². The Morgan fingerprint density at radius 2 is 1.86 bits per heavy atom. The highest BCUT2D eigenvalue weighted by Crippen LogP contribution is 2.17. The molecule has 0 saturated carbocycles. The summed E-state index contributed by atoms with van der Waals surface area (Å²) in [5, 5.41) is 3.32. The maximum atomic E-state index is 13.0. The molecule has 120 valence electrons. The lowest BCUT2D eigenvalue weighted by molar-refractivity contribution is 0.137. The van der Waals surface area contributed by atoms with Crippen molar-refractivity contribution >= 4 is 0 Å². The van der Waals surface area contributed by atoms with Crippen LogP contribution in [0.25, 0.3) is 0 Å². The topological polar surface area (TPSA) is 24.5 Å². The van der Waals surface area contributed by atoms with Gasteiger partial charge in [0, 0.05) is 32.8 Å². The molecule has 0 fully saturated rings. The summed E-state index contributed by atoms with van der Waals surface area (Å²) in [4.78, 5) is 2.43. The van der Waals surface area contributed by atoms with Crippen molar-refractivity contribution in [3.8, 4) is 0 Å². The standard InChI is InChI=1S/C17H29FN2O/c1-14(2)13-20(11-12-21-4)10-9-17(19-3)15-5-7-16(18)8-6-15/h5-8,14,17,19H,9-13H2,1-4H3. The molecular weight excluding hydrogens is 267 g/mol. The summed E-state index contributed by atoms with van der Waals surface area (Å²) in [6.45, 7) is 8.25. The van der Waals surface area contributed by atoms with Crippen LogP contribution >= 0.6 is 0 Å². The Hall–Kier alpha value is -0.970. The first kappa shape index (κ1) is 18.1. The molecule has 1 aromatic rings. The van der Waals surface area contributed by atoms with E-state index in [4.69, 9.17) is 4.74 Å². The van der Waals surface area contributed by atoms with Gasteiger partial charge in [0.2, 0.25) is 0 Å². The third-order valence-electron chi connectivity index (χ3n) is 3.59. The van der Waals surface area contributed by atoms with Gasteiger partial charge in [0.05, 0.1) is 6.61 Å². The number of methoxy groups -OCH3 is 1. The van der Waals surface area contributed by atoms with Crippen molar-refractivity contribution in [2.24, 2.45) is 5.92 Å². The molecule has 0 bridgehead atoms. The molecule has 1 rings (SSSR count). The minimum absolute atomic E-state index is 0.185. The highest BCUT2D eigenvalue weighted by atomic mass is 19.1. The van der Waals surface area contributed by atoms with Crippen LogP contribution in [0.15, 0.2) is 24.3 Å². The number of halogens is 1. The van der Waals surface area contributed by atoms with Crippen LogP contribution in [0.3, 0.4) is 0 Å². The van der Waals surface area contributed by atoms with Gasteiger partial charge in [-0.15, -0.1) is 0 Å². The van der Waals surface area contributed by atoms with Crippen molar-refractivity contribution in [2.75, 3.05) is 40.4 Å². The van der Waals surface area contributed by atoms with E-state index in [9.17, 15) is 4.39 Å². The Morgan fingerprint density at radius 1 is 1.19 bits per heavy atom. The van der Waals surface area contributed by atoms with Crippen molar-refractivity contribution in [1.82, 2.24) is 10.2 Å². The van der Waals surface area contributed by atoms with E-state index in [-0.39, 0.29) is 11.9 Å². The molecule has 1 N–H and O–H groups in total. The van der Waals surface area contributed by atoms with Gasteiger partial charge in [-0.2, -0.15) is 0 Å². The number of rotatable bonds is 10. The Labute approximate surface area is 128 Å². The lowest BCUT2D eigenvalue weighted by atomic mass is 10.0. The molecule has 0 aliphatic carbocycles. The lowest BCUT2D eigenvalue weighted by Crippen LogP contribution is -2.34. The van der Waals surface area contributed by atoms with E-state index in [2.05, 4.69) is 24.1 Å². The second kappa shape index (κ2) is 9.87. The predicted octanol–water partition coefficient (Wildman–Crippen LogP) is 3.08. The first-order chi connectivity index (χ1) is 10.1. The molecule has 21 heavy (non-hydrogen) atoms. The van der Waals surface area contributed by atoms with Gasteiger partial charge in [-0.25, -0.2) is 4.39 Å². The van der Waals surface area contributed by atoms with Gasteiger partial charge in [-0.05, 0) is 37.1 Å². The van der Waals surface area contributed by atoms with Crippen LogP contribution in [0.4, 0.5) is 4.39 Å². The molecule has 0 aromatic heterocycles. The van der Waals surface area contributed by atoms with Crippen LogP contribution in [-0.2, 0) is 4.74 Å². The molecule has 3 nitrogen and oxygen atoms in total. The zero-order chi connectivity index (χ0) is 15.7. The summed E-state index contributed by atoms with van der Waals surface area (Å²) in [7, 11) is 3.69. The largest absolute Gasteiger partial charge is 0.383 e. The Balaban J connectivity index is 2.55. The van der Waals surface area contributed by atoms with Gasteiger partial charge in [-0.3, -0.25) is 0 Å². The van der Waals surface area contributed by atoms with Crippen LogP contribution in [0.5, 0.6) is 0 Å². The fourth-order valence-corrected chi connectivity index (χ4v) is 2.52. The fourth-order valence-electron chi connectivity index (χ4n) is 2.52. The summed E-state index contributed by atoms with van der Waals surface area (Å²) in [5.74, 6) is 0.454. The zero-order valence-corrected chi connectivity index (χ0v) is 13.7. The third-order valence-corrected chi connectivity index (χ3v) is 3.59. The molecular formula is C17H29FN2O. The molecule has 0 spiro atoms. The molecule has 0 saturated heterocycles. The van der Waals surface area contributed by atoms with E-state index < -0.39 is 0 Å². The van der Waals surface area contributed by atoms with Crippen LogP contribution in [0.2, 0.25) is 0 Å². The van der Waals surface area contributed by atoms with Crippen LogP contribution < -0.4 is 5.32 Å². The van der Waals surface area contributed by atoms with Crippen LogP contribution in [0.1, 0.15) is 31.9 Å². The van der Waals surface area contributed by atoms with Crippen molar-refractivity contribution in [1.29, 1.82) is 0 Å². The summed E-state index contributed by atoms with van der Waals surface area (Å²) < 4.78 is 18.2. The highest BCUT2D eigenvalue weighted by Gasteiger charge is 2.13. The molecule has 0 radical (unpaired) electrons. The molecule has 0 aliphatic heterocycles. The van der Waals surface area contributed by atoms with E-state index in [0.29, 0.717) is 5.92 Å². The van der Waals surface area contributed by atoms with Gasteiger partial charge < -0.3 is 15.0 Å². The average molecular weight is 296 g/mol. The molecule has 0 heterocycles. The molecule has 1 atom stereocenters. The number of nitrogens with zero attached hydrogens (tertiary/aromatic N) is 1. The average Bonchev–Trinajstić information content (AvgIpc) is 2.46. The quantitative estimate of drug-likeness (QED) is 0.718. The monoisotopic (exact) mass is 296 g/mol. The second-order valence-corrected chi connectivity index (χ2v) is 5.87. The normalized spacial score (nSPS) is 13.1. The maximum Gasteiger partial charge on any atom is 0.123 e. The second-order valence-electron chi connectivity index (χ2n) is 5.87. The van der Waals surface area contributed by atoms with Crippen molar-refractivity contribution in [2.45, 2.75) is 26.3 Å². The van der Waals surface area contributed by atoms with Crippen molar-refractivity contribution < 1.29 is 9.13 Å². The fraction of sp³-hybridized carbons (Fsp3) is 0.647. The lowest BCUT2D eigenvalue weighted by Gasteiger charge is -2.26. The van der Waals surface area contributed by atoms with Gasteiger partial charge in [0.15, 0.2) is 0 Å². The van der Waals surface area contributed by atoms with Gasteiger partial charge in [0.1, 0.15) is 5.82 Å². The smallest absolute Gasteiger partial charge is 0.123 e. The Kier molecular flexibility index (Phi) is 8.50. The van der Waals surface area contributed by atoms with E-state index in [1.165, 1.54) is 12.1 Å². The van der Waals surface area contributed by atoms with Crippen molar-refractivity contribution in [3.63, 3.8) is 0 Å². The minimum atomic E-state index is -0.185. The molecule has 1 aromatic carbocycles.